The fourth-order valence-electron chi connectivity index (χ4n) is 2.79. The van der Waals surface area contributed by atoms with Crippen LogP contribution in [0, 0.1) is 0 Å². The molecule has 0 atom stereocenters. The molecule has 0 bridgehead atoms. The van der Waals surface area contributed by atoms with E-state index in [1.165, 1.54) is 27.3 Å². The van der Waals surface area contributed by atoms with E-state index >= 15 is 0 Å². The van der Waals surface area contributed by atoms with Gasteiger partial charge in [-0.3, -0.25) is 0 Å². The topological polar surface area (TPSA) is 12.9 Å². The number of aromatic nitrogens is 1. The molecule has 0 aliphatic heterocycles. The maximum atomic E-state index is 4.71. The van der Waals surface area contributed by atoms with Crippen molar-refractivity contribution in [1.29, 1.82) is 0 Å². The molecule has 0 aliphatic carbocycles. The van der Waals surface area contributed by atoms with Gasteiger partial charge >= 0.3 is 0 Å². The molecule has 1 aromatic heterocycles. The van der Waals surface area contributed by atoms with Gasteiger partial charge in [-0.25, -0.2) is 4.98 Å². The van der Waals surface area contributed by atoms with E-state index in [0.717, 1.165) is 10.1 Å². The normalized spacial score (nSPS) is 11.1. The molecule has 0 fully saturated rings. The zero-order valence-electron chi connectivity index (χ0n) is 11.3. The van der Waals surface area contributed by atoms with E-state index in [4.69, 9.17) is 4.98 Å². The minimum atomic E-state index is 0.866. The van der Waals surface area contributed by atoms with Crippen LogP contribution >= 0.6 is 15.9 Å². The standard InChI is InChI=1S/C19H12BrN/c20-18-12-17(13-6-2-1-3-7-13)16-11-10-14-8-4-5-9-15(14)19(16)21-18/h1-12H. The molecule has 3 aromatic carbocycles. The Labute approximate surface area is 131 Å². The van der Waals surface area contributed by atoms with Crippen LogP contribution in [0.4, 0.5) is 0 Å². The van der Waals surface area contributed by atoms with Crippen molar-refractivity contribution >= 4 is 37.6 Å². The lowest BCUT2D eigenvalue weighted by Gasteiger charge is -2.10. The molecule has 0 saturated heterocycles. The van der Waals surface area contributed by atoms with Crippen LogP contribution in [0.5, 0.6) is 0 Å². The number of nitrogens with zero attached hydrogens (tertiary/aromatic N) is 1. The number of rotatable bonds is 1. The largest absolute Gasteiger partial charge is 0.240 e. The van der Waals surface area contributed by atoms with Crippen LogP contribution in [-0.4, -0.2) is 4.98 Å². The van der Waals surface area contributed by atoms with Crippen LogP contribution in [0.2, 0.25) is 0 Å². The molecule has 21 heavy (non-hydrogen) atoms. The molecule has 0 aliphatic rings. The van der Waals surface area contributed by atoms with Crippen LogP contribution in [0.15, 0.2) is 77.4 Å². The molecule has 100 valence electrons. The first kappa shape index (κ1) is 12.5. The van der Waals surface area contributed by atoms with Gasteiger partial charge in [-0.15, -0.1) is 0 Å². The lowest BCUT2D eigenvalue weighted by Crippen LogP contribution is -1.88. The van der Waals surface area contributed by atoms with Gasteiger partial charge in [0.25, 0.3) is 0 Å². The predicted molar refractivity (Wildman–Crippen MR) is 92.4 cm³/mol. The molecular weight excluding hydrogens is 322 g/mol. The monoisotopic (exact) mass is 333 g/mol. The zero-order chi connectivity index (χ0) is 14.2. The maximum absolute atomic E-state index is 4.71. The van der Waals surface area contributed by atoms with E-state index in [9.17, 15) is 0 Å². The Bertz CT molecular complexity index is 945. The fourth-order valence-corrected chi connectivity index (χ4v) is 3.19. The number of hydrogen-bond acceptors (Lipinski definition) is 1. The first-order chi connectivity index (χ1) is 10.3. The molecular formula is C19H12BrN. The van der Waals surface area contributed by atoms with Crippen LogP contribution in [0.3, 0.4) is 0 Å². The van der Waals surface area contributed by atoms with Gasteiger partial charge in [0.1, 0.15) is 4.60 Å². The van der Waals surface area contributed by atoms with Crippen molar-refractivity contribution in [1.82, 2.24) is 4.98 Å². The van der Waals surface area contributed by atoms with Gasteiger partial charge in [-0.05, 0) is 38.5 Å². The Morgan fingerprint density at radius 1 is 0.714 bits per heavy atom. The van der Waals surface area contributed by atoms with Crippen molar-refractivity contribution in [3.8, 4) is 11.1 Å². The summed E-state index contributed by atoms with van der Waals surface area (Å²) in [6.45, 7) is 0. The summed E-state index contributed by atoms with van der Waals surface area (Å²) >= 11 is 3.56. The summed E-state index contributed by atoms with van der Waals surface area (Å²) in [6.07, 6.45) is 0. The van der Waals surface area contributed by atoms with Crippen LogP contribution in [-0.2, 0) is 0 Å². The summed E-state index contributed by atoms with van der Waals surface area (Å²) in [5, 5.41) is 3.59. The summed E-state index contributed by atoms with van der Waals surface area (Å²) in [4.78, 5) is 4.71. The first-order valence-electron chi connectivity index (χ1n) is 6.86. The molecule has 0 spiro atoms. The number of hydrogen-bond donors (Lipinski definition) is 0. The van der Waals surface area contributed by atoms with Crippen molar-refractivity contribution in [3.63, 3.8) is 0 Å². The Hall–Kier alpha value is -2.19. The van der Waals surface area contributed by atoms with Crippen LogP contribution < -0.4 is 0 Å². The molecule has 0 N–H and O–H groups in total. The molecule has 0 saturated carbocycles. The van der Waals surface area contributed by atoms with Gasteiger partial charge < -0.3 is 0 Å². The van der Waals surface area contributed by atoms with E-state index in [-0.39, 0.29) is 0 Å². The van der Waals surface area contributed by atoms with Crippen molar-refractivity contribution in [2.75, 3.05) is 0 Å². The molecule has 0 radical (unpaired) electrons. The molecule has 4 rings (SSSR count). The SMILES string of the molecule is Brc1cc(-c2ccccc2)c2ccc3ccccc3c2n1. The van der Waals surface area contributed by atoms with Crippen LogP contribution in [0.25, 0.3) is 32.8 Å². The molecule has 0 unspecified atom stereocenters. The van der Waals surface area contributed by atoms with E-state index < -0.39 is 0 Å². The zero-order valence-corrected chi connectivity index (χ0v) is 12.8. The highest BCUT2D eigenvalue weighted by Crippen LogP contribution is 2.33. The summed E-state index contributed by atoms with van der Waals surface area (Å²) in [7, 11) is 0. The third-order valence-electron chi connectivity index (χ3n) is 3.76. The predicted octanol–water partition coefficient (Wildman–Crippen LogP) is 5.82. The average molecular weight is 334 g/mol. The Balaban J connectivity index is 2.15. The molecule has 1 heterocycles. The molecule has 0 amide bonds. The lowest BCUT2D eigenvalue weighted by molar-refractivity contribution is 1.36. The van der Waals surface area contributed by atoms with Gasteiger partial charge in [0, 0.05) is 10.8 Å². The highest BCUT2D eigenvalue weighted by molar-refractivity contribution is 9.10. The van der Waals surface area contributed by atoms with Gasteiger partial charge in [0.15, 0.2) is 0 Å². The number of halogens is 1. The Morgan fingerprint density at radius 3 is 2.33 bits per heavy atom. The minimum absolute atomic E-state index is 0.866. The second-order valence-corrected chi connectivity index (χ2v) is 5.85. The molecule has 1 nitrogen and oxygen atoms in total. The highest BCUT2D eigenvalue weighted by Gasteiger charge is 2.09. The van der Waals surface area contributed by atoms with Crippen molar-refractivity contribution in [2.45, 2.75) is 0 Å². The van der Waals surface area contributed by atoms with E-state index in [1.807, 2.05) is 6.07 Å². The third kappa shape index (κ3) is 2.12. The van der Waals surface area contributed by atoms with Gasteiger partial charge in [0.2, 0.25) is 0 Å². The van der Waals surface area contributed by atoms with Crippen LogP contribution in [0.1, 0.15) is 0 Å². The van der Waals surface area contributed by atoms with Gasteiger partial charge in [-0.1, -0.05) is 66.7 Å². The van der Waals surface area contributed by atoms with E-state index in [1.54, 1.807) is 0 Å². The van der Waals surface area contributed by atoms with Gasteiger partial charge in [0.05, 0.1) is 5.52 Å². The summed E-state index contributed by atoms with van der Waals surface area (Å²) in [6, 6.07) is 25.2. The van der Waals surface area contributed by atoms with Crippen molar-refractivity contribution in [3.05, 3.63) is 77.4 Å². The summed E-state index contributed by atoms with van der Waals surface area (Å²) < 4.78 is 0.866. The maximum Gasteiger partial charge on any atom is 0.107 e. The Kier molecular flexibility index (Phi) is 2.97. The number of benzene rings is 3. The highest BCUT2D eigenvalue weighted by atomic mass is 79.9. The molecule has 4 aromatic rings. The number of fused-ring (bicyclic) bond motifs is 3. The summed E-state index contributed by atoms with van der Waals surface area (Å²) in [5.41, 5.74) is 3.46. The fraction of sp³-hybridized carbons (Fsp3) is 0. The Morgan fingerprint density at radius 2 is 1.48 bits per heavy atom. The number of pyridine rings is 1. The second kappa shape index (κ2) is 4.97. The van der Waals surface area contributed by atoms with E-state index in [2.05, 4.69) is 82.7 Å². The lowest BCUT2D eigenvalue weighted by atomic mass is 9.98. The third-order valence-corrected chi connectivity index (χ3v) is 4.16. The smallest absolute Gasteiger partial charge is 0.107 e. The van der Waals surface area contributed by atoms with Crippen molar-refractivity contribution < 1.29 is 0 Å². The minimum Gasteiger partial charge on any atom is -0.240 e. The van der Waals surface area contributed by atoms with Crippen molar-refractivity contribution in [2.24, 2.45) is 0 Å². The quantitative estimate of drug-likeness (QED) is 0.316. The summed E-state index contributed by atoms with van der Waals surface area (Å²) in [5.74, 6) is 0. The molecule has 2 heteroatoms. The first-order valence-corrected chi connectivity index (χ1v) is 7.66. The average Bonchev–Trinajstić information content (AvgIpc) is 2.55. The van der Waals surface area contributed by atoms with Gasteiger partial charge in [-0.2, -0.15) is 0 Å². The van der Waals surface area contributed by atoms with E-state index in [0.29, 0.717) is 0 Å². The second-order valence-electron chi connectivity index (χ2n) is 5.04.